The van der Waals surface area contributed by atoms with Gasteiger partial charge in [0.05, 0.1) is 22.0 Å². The molecular formula is C19H16N4O2S. The number of carboxylic acid groups (broad SMARTS) is 1. The highest BCUT2D eigenvalue weighted by Gasteiger charge is 2.23. The lowest BCUT2D eigenvalue weighted by molar-refractivity contribution is 0.0699. The van der Waals surface area contributed by atoms with E-state index < -0.39 is 5.97 Å². The largest absolute Gasteiger partial charge is 0.478 e. The molecule has 0 spiro atoms. The van der Waals surface area contributed by atoms with E-state index in [1.165, 1.54) is 11.3 Å². The zero-order valence-electron chi connectivity index (χ0n) is 13.9. The van der Waals surface area contributed by atoms with E-state index in [1.54, 1.807) is 6.07 Å². The number of carbonyl (C=O) groups is 1. The second-order valence-electron chi connectivity index (χ2n) is 6.27. The Balaban J connectivity index is 1.76. The molecule has 0 aliphatic carbocycles. The van der Waals surface area contributed by atoms with Gasteiger partial charge in [-0.15, -0.1) is 0 Å². The first-order valence-electron chi connectivity index (χ1n) is 8.40. The molecule has 1 aliphatic heterocycles. The van der Waals surface area contributed by atoms with E-state index in [0.717, 1.165) is 36.6 Å². The first-order valence-corrected chi connectivity index (χ1v) is 9.22. The number of pyridine rings is 1. The van der Waals surface area contributed by atoms with E-state index in [9.17, 15) is 9.90 Å². The molecule has 4 rings (SSSR count). The van der Waals surface area contributed by atoms with Crippen molar-refractivity contribution in [3.05, 3.63) is 42.0 Å². The third-order valence-electron chi connectivity index (χ3n) is 4.60. The Labute approximate surface area is 154 Å². The highest BCUT2D eigenvalue weighted by molar-refractivity contribution is 7.22. The van der Waals surface area contributed by atoms with Crippen LogP contribution in [-0.4, -0.2) is 34.1 Å². The summed E-state index contributed by atoms with van der Waals surface area (Å²) >= 11 is 1.36. The number of piperidine rings is 1. The average molecular weight is 364 g/mol. The minimum absolute atomic E-state index is 0.0954. The van der Waals surface area contributed by atoms with Crippen LogP contribution in [0.4, 0.5) is 5.13 Å². The Morgan fingerprint density at radius 1 is 1.23 bits per heavy atom. The summed E-state index contributed by atoms with van der Waals surface area (Å²) in [4.78, 5) is 23.1. The van der Waals surface area contributed by atoms with Crippen LogP contribution >= 0.6 is 11.3 Å². The van der Waals surface area contributed by atoms with E-state index in [1.807, 2.05) is 30.3 Å². The molecule has 0 atom stereocenters. The molecule has 1 aromatic carbocycles. The zero-order chi connectivity index (χ0) is 18.1. The molecule has 1 N–H and O–H groups in total. The molecule has 1 saturated heterocycles. The molecule has 1 fully saturated rings. The summed E-state index contributed by atoms with van der Waals surface area (Å²) in [6.45, 7) is 1.51. The zero-order valence-corrected chi connectivity index (χ0v) is 14.7. The summed E-state index contributed by atoms with van der Waals surface area (Å²) < 4.78 is 0.592. The molecule has 3 aromatic rings. The van der Waals surface area contributed by atoms with Crippen molar-refractivity contribution in [2.75, 3.05) is 18.0 Å². The number of rotatable bonds is 3. The van der Waals surface area contributed by atoms with E-state index in [4.69, 9.17) is 5.26 Å². The maximum Gasteiger partial charge on any atom is 0.337 e. The smallest absolute Gasteiger partial charge is 0.337 e. The second-order valence-corrected chi connectivity index (χ2v) is 7.24. The molecule has 0 unspecified atom stereocenters. The van der Waals surface area contributed by atoms with Gasteiger partial charge in [0, 0.05) is 24.6 Å². The first kappa shape index (κ1) is 16.5. The van der Waals surface area contributed by atoms with Crippen LogP contribution in [0.15, 0.2) is 36.4 Å². The number of thiazole rings is 1. The number of anilines is 1. The first-order chi connectivity index (χ1) is 12.7. The number of hydrogen-bond acceptors (Lipinski definition) is 6. The number of fused-ring (bicyclic) bond motifs is 1. The third kappa shape index (κ3) is 3.00. The molecule has 0 radical (unpaired) electrons. The standard InChI is InChI=1S/C19H16N4O2S/c20-11-12-6-8-23(9-7-12)19-22-17-16(26-19)14(18(24)25)10-15(21-17)13-4-2-1-3-5-13/h1-5,10,12H,6-9H2,(H,24,25). The summed E-state index contributed by atoms with van der Waals surface area (Å²) in [5.74, 6) is -0.883. The van der Waals surface area contributed by atoms with Crippen molar-refractivity contribution in [3.8, 4) is 17.3 Å². The number of aromatic carboxylic acids is 1. The fourth-order valence-corrected chi connectivity index (χ4v) is 4.22. The summed E-state index contributed by atoms with van der Waals surface area (Å²) in [6, 6.07) is 13.4. The fourth-order valence-electron chi connectivity index (χ4n) is 3.15. The maximum absolute atomic E-state index is 11.8. The van der Waals surface area contributed by atoms with Gasteiger partial charge in [0.2, 0.25) is 0 Å². The summed E-state index contributed by atoms with van der Waals surface area (Å²) in [7, 11) is 0. The Bertz CT molecular complexity index is 1000. The number of aromatic nitrogens is 2. The lowest BCUT2D eigenvalue weighted by Crippen LogP contribution is -2.33. The molecular weight excluding hydrogens is 348 g/mol. The Kier molecular flexibility index (Phi) is 4.27. The van der Waals surface area contributed by atoms with Crippen LogP contribution in [0.25, 0.3) is 21.6 Å². The molecule has 130 valence electrons. The van der Waals surface area contributed by atoms with Gasteiger partial charge in [0.25, 0.3) is 0 Å². The molecule has 0 amide bonds. The van der Waals surface area contributed by atoms with Crippen LogP contribution in [-0.2, 0) is 0 Å². The monoisotopic (exact) mass is 364 g/mol. The van der Waals surface area contributed by atoms with Crippen LogP contribution in [0, 0.1) is 17.2 Å². The van der Waals surface area contributed by atoms with Gasteiger partial charge in [-0.2, -0.15) is 10.2 Å². The van der Waals surface area contributed by atoms with E-state index in [2.05, 4.69) is 20.9 Å². The van der Waals surface area contributed by atoms with Crippen molar-refractivity contribution >= 4 is 32.8 Å². The predicted octanol–water partition coefficient (Wildman–Crippen LogP) is 3.80. The van der Waals surface area contributed by atoms with Gasteiger partial charge in [0.1, 0.15) is 0 Å². The quantitative estimate of drug-likeness (QED) is 0.760. The SMILES string of the molecule is N#CC1CCN(c2nc3nc(-c4ccccc4)cc(C(=O)O)c3s2)CC1. The highest BCUT2D eigenvalue weighted by atomic mass is 32.1. The predicted molar refractivity (Wildman–Crippen MR) is 100 cm³/mol. The minimum atomic E-state index is -0.979. The Morgan fingerprint density at radius 2 is 1.96 bits per heavy atom. The molecule has 1 aliphatic rings. The van der Waals surface area contributed by atoms with Crippen LogP contribution in [0.5, 0.6) is 0 Å². The van der Waals surface area contributed by atoms with E-state index in [-0.39, 0.29) is 11.5 Å². The lowest BCUT2D eigenvalue weighted by Gasteiger charge is -2.28. The number of nitrogens with zero attached hydrogens (tertiary/aromatic N) is 4. The summed E-state index contributed by atoms with van der Waals surface area (Å²) in [6.07, 6.45) is 1.61. The average Bonchev–Trinajstić information content (AvgIpc) is 3.12. The number of nitriles is 1. The number of benzene rings is 1. The highest BCUT2D eigenvalue weighted by Crippen LogP contribution is 2.34. The van der Waals surface area contributed by atoms with Crippen molar-refractivity contribution in [1.29, 1.82) is 5.26 Å². The molecule has 6 nitrogen and oxygen atoms in total. The molecule has 0 bridgehead atoms. The van der Waals surface area contributed by atoms with Gasteiger partial charge in [-0.25, -0.2) is 9.78 Å². The van der Waals surface area contributed by atoms with Gasteiger partial charge in [0.15, 0.2) is 10.8 Å². The van der Waals surface area contributed by atoms with E-state index in [0.29, 0.717) is 16.0 Å². The number of hydrogen-bond donors (Lipinski definition) is 1. The van der Waals surface area contributed by atoms with E-state index >= 15 is 0 Å². The van der Waals surface area contributed by atoms with Crippen molar-refractivity contribution in [3.63, 3.8) is 0 Å². The lowest BCUT2D eigenvalue weighted by atomic mass is 9.99. The number of carboxylic acids is 1. The summed E-state index contributed by atoms with van der Waals surface area (Å²) in [5.41, 5.74) is 2.16. The molecule has 26 heavy (non-hydrogen) atoms. The molecule has 2 aromatic heterocycles. The van der Waals surface area contributed by atoms with Gasteiger partial charge in [-0.05, 0) is 18.9 Å². The molecule has 0 saturated carbocycles. The van der Waals surface area contributed by atoms with Gasteiger partial charge in [-0.3, -0.25) is 0 Å². The summed E-state index contributed by atoms with van der Waals surface area (Å²) in [5, 5.41) is 19.5. The van der Waals surface area contributed by atoms with Crippen LogP contribution in [0.3, 0.4) is 0 Å². The minimum Gasteiger partial charge on any atom is -0.478 e. The van der Waals surface area contributed by atoms with Crippen LogP contribution in [0.2, 0.25) is 0 Å². The van der Waals surface area contributed by atoms with Crippen molar-refractivity contribution in [1.82, 2.24) is 9.97 Å². The normalized spacial score (nSPS) is 15.1. The maximum atomic E-state index is 11.8. The Hall–Kier alpha value is -2.98. The third-order valence-corrected chi connectivity index (χ3v) is 5.74. The Morgan fingerprint density at radius 3 is 2.62 bits per heavy atom. The fraction of sp³-hybridized carbons (Fsp3) is 0.263. The van der Waals surface area contributed by atoms with Gasteiger partial charge >= 0.3 is 5.97 Å². The molecule has 7 heteroatoms. The van der Waals surface area contributed by atoms with Crippen molar-refractivity contribution < 1.29 is 9.90 Å². The second kappa shape index (κ2) is 6.73. The molecule has 3 heterocycles. The van der Waals surface area contributed by atoms with Crippen LogP contribution in [0.1, 0.15) is 23.2 Å². The van der Waals surface area contributed by atoms with Gasteiger partial charge in [-0.1, -0.05) is 41.7 Å². The van der Waals surface area contributed by atoms with Crippen molar-refractivity contribution in [2.45, 2.75) is 12.8 Å². The van der Waals surface area contributed by atoms with Crippen molar-refractivity contribution in [2.24, 2.45) is 5.92 Å². The van der Waals surface area contributed by atoms with Crippen LogP contribution < -0.4 is 4.90 Å². The van der Waals surface area contributed by atoms with Gasteiger partial charge < -0.3 is 10.0 Å². The topological polar surface area (TPSA) is 90.1 Å².